The van der Waals surface area contributed by atoms with Crippen molar-refractivity contribution in [3.8, 4) is 11.8 Å². The van der Waals surface area contributed by atoms with Crippen LogP contribution in [-0.2, 0) is 12.8 Å². The van der Waals surface area contributed by atoms with Gasteiger partial charge < -0.3 is 10.4 Å². The van der Waals surface area contributed by atoms with Gasteiger partial charge in [0.05, 0.1) is 9.75 Å². The number of hydrogen-bond acceptors (Lipinski definition) is 3. The fourth-order valence-corrected chi connectivity index (χ4v) is 3.36. The van der Waals surface area contributed by atoms with E-state index in [1.807, 2.05) is 18.2 Å². The van der Waals surface area contributed by atoms with Gasteiger partial charge in [0.2, 0.25) is 0 Å². The van der Waals surface area contributed by atoms with Gasteiger partial charge in [-0.1, -0.05) is 36.1 Å². The molecule has 2 N–H and O–H groups in total. The van der Waals surface area contributed by atoms with Crippen LogP contribution < -0.4 is 5.32 Å². The van der Waals surface area contributed by atoms with Crippen molar-refractivity contribution >= 4 is 17.2 Å². The highest BCUT2D eigenvalue weighted by Crippen LogP contribution is 2.22. The zero-order chi connectivity index (χ0) is 14.7. The van der Waals surface area contributed by atoms with Gasteiger partial charge >= 0.3 is 0 Å². The molecule has 0 saturated carbocycles. The predicted molar refractivity (Wildman–Crippen MR) is 83.4 cm³/mol. The topological polar surface area (TPSA) is 49.3 Å². The Bertz CT molecular complexity index is 699. The van der Waals surface area contributed by atoms with Crippen molar-refractivity contribution in [3.63, 3.8) is 0 Å². The van der Waals surface area contributed by atoms with Gasteiger partial charge in [-0.15, -0.1) is 11.3 Å². The van der Waals surface area contributed by atoms with Gasteiger partial charge in [0.25, 0.3) is 5.91 Å². The van der Waals surface area contributed by atoms with Gasteiger partial charge in [-0.25, -0.2) is 0 Å². The highest BCUT2D eigenvalue weighted by molar-refractivity contribution is 7.14. The van der Waals surface area contributed by atoms with Crippen molar-refractivity contribution in [2.45, 2.75) is 18.9 Å². The van der Waals surface area contributed by atoms with Crippen LogP contribution in [0.25, 0.3) is 0 Å². The van der Waals surface area contributed by atoms with Crippen molar-refractivity contribution in [1.29, 1.82) is 0 Å². The average Bonchev–Trinajstić information content (AvgIpc) is 3.11. The van der Waals surface area contributed by atoms with E-state index in [0.717, 1.165) is 17.7 Å². The van der Waals surface area contributed by atoms with Gasteiger partial charge in [-0.3, -0.25) is 4.79 Å². The molecule has 1 aromatic carbocycles. The van der Waals surface area contributed by atoms with Gasteiger partial charge in [0.1, 0.15) is 6.61 Å². The maximum atomic E-state index is 12.2. The average molecular weight is 297 g/mol. The molecule has 0 unspecified atom stereocenters. The van der Waals surface area contributed by atoms with Crippen molar-refractivity contribution < 1.29 is 9.90 Å². The standard InChI is InChI=1S/C17H15NO2S/c19-9-3-6-15-7-8-16(21-15)17(20)18-14-10-12-4-1-2-5-13(12)11-14/h1-2,4-5,7-8,14,19H,9-11H2,(H,18,20). The zero-order valence-corrected chi connectivity index (χ0v) is 12.2. The monoisotopic (exact) mass is 297 g/mol. The molecule has 3 nitrogen and oxygen atoms in total. The first kappa shape index (κ1) is 13.9. The Labute approximate surface area is 127 Å². The number of fused-ring (bicyclic) bond motifs is 1. The van der Waals surface area contributed by atoms with Gasteiger partial charge in [0.15, 0.2) is 0 Å². The highest BCUT2D eigenvalue weighted by atomic mass is 32.1. The summed E-state index contributed by atoms with van der Waals surface area (Å²) in [6.45, 7) is -0.167. The van der Waals surface area contributed by atoms with E-state index >= 15 is 0 Å². The Morgan fingerprint density at radius 3 is 2.62 bits per heavy atom. The van der Waals surface area contributed by atoms with E-state index < -0.39 is 0 Å². The third-order valence-corrected chi connectivity index (χ3v) is 4.51. The molecule has 0 radical (unpaired) electrons. The van der Waals surface area contributed by atoms with E-state index in [4.69, 9.17) is 5.11 Å². The van der Waals surface area contributed by atoms with Crippen LogP contribution in [0.3, 0.4) is 0 Å². The molecule has 1 aromatic heterocycles. The summed E-state index contributed by atoms with van der Waals surface area (Å²) in [5.74, 6) is 5.36. The summed E-state index contributed by atoms with van der Waals surface area (Å²) in [5.41, 5.74) is 2.65. The number of nitrogens with one attached hydrogen (secondary N) is 1. The molecule has 2 aromatic rings. The maximum absolute atomic E-state index is 12.2. The van der Waals surface area contributed by atoms with Crippen LogP contribution in [0.15, 0.2) is 36.4 Å². The molecule has 0 spiro atoms. The fraction of sp³-hybridized carbons (Fsp3) is 0.235. The predicted octanol–water partition coefficient (Wildman–Crippen LogP) is 1.99. The molecule has 4 heteroatoms. The quantitative estimate of drug-likeness (QED) is 0.833. The summed E-state index contributed by atoms with van der Waals surface area (Å²) < 4.78 is 0. The van der Waals surface area contributed by atoms with Crippen LogP contribution >= 0.6 is 11.3 Å². The fourth-order valence-electron chi connectivity index (χ4n) is 2.57. The molecule has 1 aliphatic carbocycles. The highest BCUT2D eigenvalue weighted by Gasteiger charge is 2.23. The van der Waals surface area contributed by atoms with E-state index in [1.54, 1.807) is 6.07 Å². The van der Waals surface area contributed by atoms with E-state index in [9.17, 15) is 4.79 Å². The number of benzene rings is 1. The first-order valence-corrected chi connectivity index (χ1v) is 7.65. The number of hydrogen-bond donors (Lipinski definition) is 2. The molecule has 21 heavy (non-hydrogen) atoms. The Morgan fingerprint density at radius 1 is 1.24 bits per heavy atom. The minimum Gasteiger partial charge on any atom is -0.384 e. The number of carbonyl (C=O) groups excluding carboxylic acids is 1. The smallest absolute Gasteiger partial charge is 0.261 e. The third-order valence-electron chi connectivity index (χ3n) is 3.51. The van der Waals surface area contributed by atoms with Gasteiger partial charge in [-0.2, -0.15) is 0 Å². The first-order valence-electron chi connectivity index (χ1n) is 6.83. The Kier molecular flexibility index (Phi) is 4.05. The zero-order valence-electron chi connectivity index (χ0n) is 11.4. The lowest BCUT2D eigenvalue weighted by Gasteiger charge is -2.10. The number of thiophene rings is 1. The summed E-state index contributed by atoms with van der Waals surface area (Å²) >= 11 is 1.35. The molecule has 106 valence electrons. The molecule has 0 bridgehead atoms. The SMILES string of the molecule is O=C(NC1Cc2ccccc2C1)c1ccc(C#CCO)s1. The molecule has 1 heterocycles. The number of amides is 1. The number of aliphatic hydroxyl groups excluding tert-OH is 1. The first-order chi connectivity index (χ1) is 10.3. The van der Waals surface area contributed by atoms with Crippen LogP contribution in [0, 0.1) is 11.8 Å². The van der Waals surface area contributed by atoms with E-state index in [1.165, 1.54) is 22.5 Å². The second-order valence-corrected chi connectivity index (χ2v) is 6.05. The van der Waals surface area contributed by atoms with Crippen molar-refractivity contribution in [2.24, 2.45) is 0 Å². The normalized spacial score (nSPS) is 13.4. The van der Waals surface area contributed by atoms with Crippen LogP contribution in [0.4, 0.5) is 0 Å². The van der Waals surface area contributed by atoms with Crippen molar-refractivity contribution in [2.75, 3.05) is 6.61 Å². The largest absolute Gasteiger partial charge is 0.384 e. The van der Waals surface area contributed by atoms with Crippen LogP contribution in [0.5, 0.6) is 0 Å². The Morgan fingerprint density at radius 2 is 1.95 bits per heavy atom. The van der Waals surface area contributed by atoms with Crippen LogP contribution in [0.1, 0.15) is 25.7 Å². The lowest BCUT2D eigenvalue weighted by atomic mass is 10.1. The van der Waals surface area contributed by atoms with E-state index in [-0.39, 0.29) is 18.6 Å². The molecule has 0 saturated heterocycles. The second kappa shape index (κ2) is 6.13. The lowest BCUT2D eigenvalue weighted by molar-refractivity contribution is 0.0942. The van der Waals surface area contributed by atoms with Crippen LogP contribution in [-0.4, -0.2) is 23.7 Å². The molecule has 0 atom stereocenters. The minimum atomic E-state index is -0.167. The van der Waals surface area contributed by atoms with Gasteiger partial charge in [0, 0.05) is 6.04 Å². The number of carbonyl (C=O) groups is 1. The summed E-state index contributed by atoms with van der Waals surface area (Å²) in [7, 11) is 0. The molecule has 1 amide bonds. The Hall–Kier alpha value is -2.09. The molecule has 0 fully saturated rings. The maximum Gasteiger partial charge on any atom is 0.261 e. The van der Waals surface area contributed by atoms with Gasteiger partial charge in [-0.05, 0) is 36.1 Å². The molecule has 3 rings (SSSR count). The molecule has 0 aliphatic heterocycles. The molecular formula is C17H15NO2S. The summed E-state index contributed by atoms with van der Waals surface area (Å²) in [5, 5.41) is 11.8. The minimum absolute atomic E-state index is 0.0464. The molecule has 1 aliphatic rings. The number of rotatable bonds is 2. The number of aliphatic hydroxyl groups is 1. The van der Waals surface area contributed by atoms with E-state index in [0.29, 0.717) is 4.88 Å². The lowest BCUT2D eigenvalue weighted by Crippen LogP contribution is -2.34. The van der Waals surface area contributed by atoms with Crippen molar-refractivity contribution in [1.82, 2.24) is 5.32 Å². The summed E-state index contributed by atoms with van der Waals surface area (Å²) in [6, 6.07) is 12.1. The van der Waals surface area contributed by atoms with Crippen LogP contribution in [0.2, 0.25) is 0 Å². The van der Waals surface area contributed by atoms with Crippen molar-refractivity contribution in [3.05, 3.63) is 57.3 Å². The third kappa shape index (κ3) is 3.15. The second-order valence-electron chi connectivity index (χ2n) is 4.97. The summed E-state index contributed by atoms with van der Waals surface area (Å²) in [4.78, 5) is 13.7. The summed E-state index contributed by atoms with van der Waals surface area (Å²) in [6.07, 6.45) is 1.79. The Balaban J connectivity index is 1.64. The molecular weight excluding hydrogens is 282 g/mol. The van der Waals surface area contributed by atoms with E-state index in [2.05, 4.69) is 29.3 Å².